The Balaban J connectivity index is 1.37. The first kappa shape index (κ1) is 18.0. The molecule has 1 aromatic heterocycles. The molecule has 4 rings (SSSR count). The fourth-order valence-electron chi connectivity index (χ4n) is 4.21. The summed E-state index contributed by atoms with van der Waals surface area (Å²) in [6.07, 6.45) is 7.29. The Labute approximate surface area is 160 Å². The molecule has 1 spiro atoms. The van der Waals surface area contributed by atoms with Crippen LogP contribution >= 0.6 is 0 Å². The average molecular weight is 369 g/mol. The molecule has 6 nitrogen and oxygen atoms in total. The van der Waals surface area contributed by atoms with E-state index in [1.165, 1.54) is 0 Å². The van der Waals surface area contributed by atoms with Crippen molar-refractivity contribution in [3.8, 4) is 5.75 Å². The minimum atomic E-state index is -0.268. The first-order chi connectivity index (χ1) is 13.2. The number of ether oxygens (including phenoxy) is 2. The van der Waals surface area contributed by atoms with Gasteiger partial charge in [0.1, 0.15) is 24.2 Å². The van der Waals surface area contributed by atoms with Crippen LogP contribution in [-0.4, -0.2) is 51.8 Å². The maximum absolute atomic E-state index is 12.8. The molecule has 0 N–H and O–H groups in total. The lowest BCUT2D eigenvalue weighted by Crippen LogP contribution is -2.51. The first-order valence-electron chi connectivity index (χ1n) is 9.81. The summed E-state index contributed by atoms with van der Waals surface area (Å²) in [6, 6.07) is 9.87. The van der Waals surface area contributed by atoms with E-state index in [2.05, 4.69) is 11.9 Å². The lowest BCUT2D eigenvalue weighted by molar-refractivity contribution is -0.139. The highest BCUT2D eigenvalue weighted by molar-refractivity contribution is 5.76. The number of hydrogen-bond acceptors (Lipinski definition) is 4. The van der Waals surface area contributed by atoms with Crippen molar-refractivity contribution >= 4 is 5.91 Å². The normalized spacial score (nSPS) is 25.1. The Morgan fingerprint density at radius 1 is 1.37 bits per heavy atom. The summed E-state index contributed by atoms with van der Waals surface area (Å²) in [5, 5.41) is 0. The predicted molar refractivity (Wildman–Crippen MR) is 102 cm³/mol. The summed E-state index contributed by atoms with van der Waals surface area (Å²) in [5.41, 5.74) is -0.268. The molecule has 2 aromatic rings. The molecule has 1 aromatic carbocycles. The van der Waals surface area contributed by atoms with Crippen LogP contribution in [0.3, 0.4) is 0 Å². The van der Waals surface area contributed by atoms with Crippen molar-refractivity contribution in [3.63, 3.8) is 0 Å². The van der Waals surface area contributed by atoms with Crippen LogP contribution in [0.25, 0.3) is 0 Å². The number of aryl methyl sites for hydroxylation is 1. The zero-order chi connectivity index (χ0) is 18.7. The molecular weight excluding hydrogens is 342 g/mol. The predicted octanol–water partition coefficient (Wildman–Crippen LogP) is 2.67. The summed E-state index contributed by atoms with van der Waals surface area (Å²) < 4.78 is 14.2. The second-order valence-corrected chi connectivity index (χ2v) is 7.49. The Bertz CT molecular complexity index is 776. The van der Waals surface area contributed by atoms with Crippen LogP contribution in [0, 0.1) is 0 Å². The highest BCUT2D eigenvalue weighted by atomic mass is 16.6. The van der Waals surface area contributed by atoms with E-state index in [1.54, 1.807) is 6.20 Å². The molecule has 27 heavy (non-hydrogen) atoms. The number of nitrogens with zero attached hydrogens (tertiary/aromatic N) is 3. The van der Waals surface area contributed by atoms with Gasteiger partial charge in [-0.3, -0.25) is 4.79 Å². The molecule has 2 saturated heterocycles. The summed E-state index contributed by atoms with van der Waals surface area (Å²) in [6.45, 7) is 4.43. The van der Waals surface area contributed by atoms with Gasteiger partial charge in [0.25, 0.3) is 0 Å². The van der Waals surface area contributed by atoms with Gasteiger partial charge in [0.2, 0.25) is 5.91 Å². The molecule has 6 heteroatoms. The van der Waals surface area contributed by atoms with Gasteiger partial charge >= 0.3 is 0 Å². The Kier molecular flexibility index (Phi) is 5.16. The van der Waals surface area contributed by atoms with Crippen LogP contribution in [0.5, 0.6) is 5.75 Å². The molecule has 2 aliphatic rings. The number of amides is 1. The maximum atomic E-state index is 12.8. The van der Waals surface area contributed by atoms with E-state index < -0.39 is 0 Å². The third kappa shape index (κ3) is 4.00. The van der Waals surface area contributed by atoms with E-state index in [1.807, 2.05) is 46.0 Å². The molecule has 1 amide bonds. The summed E-state index contributed by atoms with van der Waals surface area (Å²) >= 11 is 0. The summed E-state index contributed by atoms with van der Waals surface area (Å²) in [7, 11) is 0. The van der Waals surface area contributed by atoms with E-state index in [9.17, 15) is 4.79 Å². The molecule has 2 atom stereocenters. The van der Waals surface area contributed by atoms with Gasteiger partial charge in [-0.05, 0) is 25.0 Å². The van der Waals surface area contributed by atoms with Crippen LogP contribution in [0.4, 0.5) is 0 Å². The topological polar surface area (TPSA) is 56.6 Å². The molecular formula is C21H27N3O3. The summed E-state index contributed by atoms with van der Waals surface area (Å²) in [5.74, 6) is 1.96. The number of likely N-dealkylation sites (tertiary alicyclic amines) is 1. The van der Waals surface area contributed by atoms with Gasteiger partial charge in [-0.2, -0.15) is 0 Å². The third-order valence-electron chi connectivity index (χ3n) is 5.54. The highest BCUT2D eigenvalue weighted by Gasteiger charge is 2.45. The fraction of sp³-hybridized carbons (Fsp3) is 0.524. The van der Waals surface area contributed by atoms with Crippen molar-refractivity contribution < 1.29 is 14.3 Å². The molecule has 2 fully saturated rings. The van der Waals surface area contributed by atoms with Crippen LogP contribution in [0.1, 0.15) is 32.0 Å². The number of piperidine rings is 1. The van der Waals surface area contributed by atoms with Crippen molar-refractivity contribution in [3.05, 3.63) is 48.5 Å². The van der Waals surface area contributed by atoms with Gasteiger partial charge in [-0.15, -0.1) is 0 Å². The van der Waals surface area contributed by atoms with Crippen molar-refractivity contribution in [1.82, 2.24) is 14.5 Å². The van der Waals surface area contributed by atoms with Crippen LogP contribution in [0.15, 0.2) is 42.7 Å². The van der Waals surface area contributed by atoms with E-state index >= 15 is 0 Å². The number of benzene rings is 1. The quantitative estimate of drug-likeness (QED) is 0.813. The van der Waals surface area contributed by atoms with Gasteiger partial charge in [-0.1, -0.05) is 25.1 Å². The smallest absolute Gasteiger partial charge is 0.242 e. The van der Waals surface area contributed by atoms with E-state index in [0.717, 1.165) is 43.8 Å². The number of rotatable bonds is 5. The maximum Gasteiger partial charge on any atom is 0.242 e. The van der Waals surface area contributed by atoms with Crippen LogP contribution in [0.2, 0.25) is 0 Å². The van der Waals surface area contributed by atoms with Crippen molar-refractivity contribution in [2.45, 2.75) is 50.9 Å². The van der Waals surface area contributed by atoms with Gasteiger partial charge < -0.3 is 18.9 Å². The standard InChI is InChI=1S/C21H27N3O3/c1-2-19-22-10-12-23(19)14-20(25)24-11-6-9-21(16-24)13-18(15-26-21)27-17-7-4-3-5-8-17/h3-5,7-8,10,12,18H,2,6,9,11,13-16H2,1H3/t18-,21-/m1/s1. The van der Waals surface area contributed by atoms with Gasteiger partial charge in [0.15, 0.2) is 0 Å². The Morgan fingerprint density at radius 2 is 2.22 bits per heavy atom. The van der Waals surface area contributed by atoms with Gasteiger partial charge in [0.05, 0.1) is 12.2 Å². The molecule has 144 valence electrons. The van der Waals surface area contributed by atoms with E-state index in [0.29, 0.717) is 19.7 Å². The molecule has 0 aliphatic carbocycles. The van der Waals surface area contributed by atoms with E-state index in [-0.39, 0.29) is 17.6 Å². The largest absolute Gasteiger partial charge is 0.488 e. The van der Waals surface area contributed by atoms with Gasteiger partial charge in [0, 0.05) is 38.3 Å². The minimum Gasteiger partial charge on any atom is -0.488 e. The number of hydrogen-bond donors (Lipinski definition) is 0. The lowest BCUT2D eigenvalue weighted by atomic mass is 9.89. The molecule has 0 unspecified atom stereocenters. The van der Waals surface area contributed by atoms with Crippen molar-refractivity contribution in [1.29, 1.82) is 0 Å². The molecule has 0 radical (unpaired) electrons. The third-order valence-corrected chi connectivity index (χ3v) is 5.54. The number of carbonyl (C=O) groups is 1. The van der Waals surface area contributed by atoms with Crippen molar-refractivity contribution in [2.75, 3.05) is 19.7 Å². The SMILES string of the molecule is CCc1nccn1CC(=O)N1CCC[C@@]2(C[C@@H](Oc3ccccc3)CO2)C1. The number of carbonyl (C=O) groups excluding carboxylic acids is 1. The minimum absolute atomic E-state index is 0.0443. The Morgan fingerprint density at radius 3 is 3.04 bits per heavy atom. The first-order valence-corrected chi connectivity index (χ1v) is 9.81. The number of para-hydroxylation sites is 1. The molecule has 3 heterocycles. The zero-order valence-corrected chi connectivity index (χ0v) is 15.8. The number of imidazole rings is 1. The molecule has 0 saturated carbocycles. The Hall–Kier alpha value is -2.34. The van der Waals surface area contributed by atoms with Gasteiger partial charge in [-0.25, -0.2) is 4.98 Å². The fourth-order valence-corrected chi connectivity index (χ4v) is 4.21. The molecule has 2 aliphatic heterocycles. The average Bonchev–Trinajstić information content (AvgIpc) is 3.29. The highest BCUT2D eigenvalue weighted by Crippen LogP contribution is 2.36. The number of aromatic nitrogens is 2. The second kappa shape index (κ2) is 7.72. The van der Waals surface area contributed by atoms with Crippen molar-refractivity contribution in [2.24, 2.45) is 0 Å². The second-order valence-electron chi connectivity index (χ2n) is 7.49. The van der Waals surface area contributed by atoms with Crippen LogP contribution < -0.4 is 4.74 Å². The monoisotopic (exact) mass is 369 g/mol. The van der Waals surface area contributed by atoms with Crippen LogP contribution in [-0.2, 0) is 22.5 Å². The van der Waals surface area contributed by atoms with E-state index in [4.69, 9.17) is 9.47 Å². The lowest BCUT2D eigenvalue weighted by Gasteiger charge is -2.39. The molecule has 0 bridgehead atoms. The zero-order valence-electron chi connectivity index (χ0n) is 15.8. The summed E-state index contributed by atoms with van der Waals surface area (Å²) in [4.78, 5) is 19.1.